The molecule has 0 amide bonds. The number of aromatic nitrogens is 6. The number of Topliss-reactive ketones (excluding diaryl/α,β-unsaturated/α-hetero) is 1. The zero-order valence-electron chi connectivity index (χ0n) is 16.1. The Hall–Kier alpha value is -3.73. The largest absolute Gasteiger partial charge is 0.384 e. The summed E-state index contributed by atoms with van der Waals surface area (Å²) >= 11 is 1.15. The molecule has 0 saturated carbocycles. The Morgan fingerprint density at radius 1 is 1.10 bits per heavy atom. The lowest BCUT2D eigenvalue weighted by molar-refractivity contribution is 0.102. The van der Waals surface area contributed by atoms with Crippen LogP contribution >= 0.6 is 11.8 Å². The number of thioether (sulfide) groups is 1. The summed E-state index contributed by atoms with van der Waals surface area (Å²) in [7, 11) is 2.72. The first-order valence-corrected chi connectivity index (χ1v) is 9.84. The SMILES string of the molecule is Cn1c(N)c(C(=O)CSc2ncnc3c2cnn3-c2ccccc2)c(=O)n(C)c1=O. The van der Waals surface area contributed by atoms with Crippen LogP contribution in [0.3, 0.4) is 0 Å². The number of carbonyl (C=O) groups is 1. The fourth-order valence-corrected chi connectivity index (χ4v) is 3.86. The summed E-state index contributed by atoms with van der Waals surface area (Å²) in [6.07, 6.45) is 3.03. The van der Waals surface area contributed by atoms with Crippen molar-refractivity contribution in [3.63, 3.8) is 0 Å². The Kier molecular flexibility index (Phi) is 4.96. The molecule has 0 bridgehead atoms. The lowest BCUT2D eigenvalue weighted by Gasteiger charge is -2.10. The van der Waals surface area contributed by atoms with Crippen molar-refractivity contribution in [3.05, 3.63) is 69.3 Å². The number of hydrogen-bond acceptors (Lipinski definition) is 8. The van der Waals surface area contributed by atoms with E-state index in [4.69, 9.17) is 5.73 Å². The van der Waals surface area contributed by atoms with Crippen molar-refractivity contribution in [2.75, 3.05) is 11.5 Å². The monoisotopic (exact) mass is 423 g/mol. The maximum atomic E-state index is 12.7. The third kappa shape index (κ3) is 3.18. The van der Waals surface area contributed by atoms with Gasteiger partial charge in [0.15, 0.2) is 11.4 Å². The van der Waals surface area contributed by atoms with Crippen molar-refractivity contribution >= 4 is 34.4 Å². The maximum absolute atomic E-state index is 12.7. The number of para-hydroxylation sites is 1. The highest BCUT2D eigenvalue weighted by atomic mass is 32.2. The number of rotatable bonds is 5. The first-order chi connectivity index (χ1) is 14.4. The van der Waals surface area contributed by atoms with Crippen molar-refractivity contribution in [2.24, 2.45) is 14.1 Å². The number of carbonyl (C=O) groups excluding carboxylic acids is 1. The predicted molar refractivity (Wildman–Crippen MR) is 113 cm³/mol. The first kappa shape index (κ1) is 19.6. The number of nitrogens with two attached hydrogens (primary N) is 1. The average molecular weight is 423 g/mol. The lowest BCUT2D eigenvalue weighted by Crippen LogP contribution is -2.41. The Bertz CT molecular complexity index is 1390. The summed E-state index contributed by atoms with van der Waals surface area (Å²) in [4.78, 5) is 45.6. The summed E-state index contributed by atoms with van der Waals surface area (Å²) in [5.41, 5.74) is 5.79. The van der Waals surface area contributed by atoms with E-state index < -0.39 is 17.0 Å². The van der Waals surface area contributed by atoms with Crippen LogP contribution in [0.15, 0.2) is 57.5 Å². The standard InChI is InChI=1S/C19H17N7O3S/c1-24-15(20)14(18(28)25(2)19(24)29)13(27)9-30-17-12-8-23-26(16(12)21-10-22-17)11-6-4-3-5-7-11/h3-8,10H,9,20H2,1-2H3. The Labute approximate surface area is 174 Å². The van der Waals surface area contributed by atoms with Crippen LogP contribution in [0.5, 0.6) is 0 Å². The molecule has 0 spiro atoms. The lowest BCUT2D eigenvalue weighted by atomic mass is 10.2. The Morgan fingerprint density at radius 3 is 2.57 bits per heavy atom. The molecular weight excluding hydrogens is 406 g/mol. The van der Waals surface area contributed by atoms with Gasteiger partial charge < -0.3 is 5.73 Å². The zero-order chi connectivity index (χ0) is 21.4. The van der Waals surface area contributed by atoms with Crippen LogP contribution in [0, 0.1) is 0 Å². The number of anilines is 1. The molecule has 4 rings (SSSR count). The zero-order valence-corrected chi connectivity index (χ0v) is 17.0. The van der Waals surface area contributed by atoms with Gasteiger partial charge in [-0.2, -0.15) is 5.10 Å². The molecule has 0 aliphatic carbocycles. The van der Waals surface area contributed by atoms with Gasteiger partial charge in [-0.25, -0.2) is 19.4 Å². The van der Waals surface area contributed by atoms with Gasteiger partial charge in [-0.3, -0.25) is 18.7 Å². The smallest absolute Gasteiger partial charge is 0.332 e. The van der Waals surface area contributed by atoms with E-state index in [2.05, 4.69) is 15.1 Å². The van der Waals surface area contributed by atoms with Crippen molar-refractivity contribution in [3.8, 4) is 5.69 Å². The molecule has 0 fully saturated rings. The number of nitrogens with zero attached hydrogens (tertiary/aromatic N) is 6. The second-order valence-corrected chi connectivity index (χ2v) is 7.45. The first-order valence-electron chi connectivity index (χ1n) is 8.85. The van der Waals surface area contributed by atoms with E-state index in [1.165, 1.54) is 20.4 Å². The van der Waals surface area contributed by atoms with Crippen molar-refractivity contribution < 1.29 is 4.79 Å². The number of ketones is 1. The molecule has 4 aromatic rings. The summed E-state index contributed by atoms with van der Waals surface area (Å²) < 4.78 is 3.62. The highest BCUT2D eigenvalue weighted by molar-refractivity contribution is 8.00. The van der Waals surface area contributed by atoms with Crippen LogP contribution in [-0.2, 0) is 14.1 Å². The van der Waals surface area contributed by atoms with Crippen LogP contribution in [0.4, 0.5) is 5.82 Å². The van der Waals surface area contributed by atoms with Gasteiger partial charge in [0.2, 0.25) is 0 Å². The van der Waals surface area contributed by atoms with E-state index in [-0.39, 0.29) is 17.1 Å². The number of fused-ring (bicyclic) bond motifs is 1. The minimum atomic E-state index is -0.717. The quantitative estimate of drug-likeness (QED) is 0.283. The predicted octanol–water partition coefficient (Wildman–Crippen LogP) is 0.770. The molecule has 0 saturated heterocycles. The minimum absolute atomic E-state index is 0.0831. The van der Waals surface area contributed by atoms with E-state index >= 15 is 0 Å². The molecule has 0 radical (unpaired) electrons. The summed E-state index contributed by atoms with van der Waals surface area (Å²) in [6.45, 7) is 0. The van der Waals surface area contributed by atoms with E-state index in [1.54, 1.807) is 10.9 Å². The van der Waals surface area contributed by atoms with Gasteiger partial charge in [0.05, 0.1) is 23.0 Å². The summed E-state index contributed by atoms with van der Waals surface area (Å²) in [5, 5.41) is 5.61. The molecule has 3 heterocycles. The highest BCUT2D eigenvalue weighted by Crippen LogP contribution is 2.26. The van der Waals surface area contributed by atoms with Crippen molar-refractivity contribution in [1.82, 2.24) is 28.9 Å². The molecular formula is C19H17N7O3S. The maximum Gasteiger partial charge on any atom is 0.332 e. The van der Waals surface area contributed by atoms with Crippen molar-refractivity contribution in [1.29, 1.82) is 0 Å². The van der Waals surface area contributed by atoms with E-state index in [0.717, 1.165) is 26.6 Å². The summed E-state index contributed by atoms with van der Waals surface area (Å²) in [5.74, 6) is -0.727. The number of benzene rings is 1. The van der Waals surface area contributed by atoms with Crippen LogP contribution in [0.25, 0.3) is 16.7 Å². The average Bonchev–Trinajstić information content (AvgIpc) is 3.20. The third-order valence-corrected chi connectivity index (χ3v) is 5.66. The van der Waals surface area contributed by atoms with E-state index in [1.807, 2.05) is 30.3 Å². The van der Waals surface area contributed by atoms with E-state index in [0.29, 0.717) is 16.1 Å². The molecule has 30 heavy (non-hydrogen) atoms. The third-order valence-electron chi connectivity index (χ3n) is 4.66. The van der Waals surface area contributed by atoms with Gasteiger partial charge >= 0.3 is 5.69 Å². The van der Waals surface area contributed by atoms with Crippen LogP contribution in [-0.4, -0.2) is 40.4 Å². The minimum Gasteiger partial charge on any atom is -0.384 e. The Morgan fingerprint density at radius 2 is 1.83 bits per heavy atom. The molecule has 0 atom stereocenters. The molecule has 0 aliphatic heterocycles. The van der Waals surface area contributed by atoms with Crippen molar-refractivity contribution in [2.45, 2.75) is 5.03 Å². The fraction of sp³-hybridized carbons (Fsp3) is 0.158. The van der Waals surface area contributed by atoms with Gasteiger partial charge in [-0.15, -0.1) is 0 Å². The van der Waals surface area contributed by atoms with Gasteiger partial charge in [-0.05, 0) is 12.1 Å². The highest BCUT2D eigenvalue weighted by Gasteiger charge is 2.21. The molecule has 0 aliphatic rings. The number of hydrogen-bond donors (Lipinski definition) is 1. The number of nitrogen functional groups attached to an aromatic ring is 1. The van der Waals surface area contributed by atoms with Gasteiger partial charge in [-0.1, -0.05) is 30.0 Å². The fourth-order valence-electron chi connectivity index (χ4n) is 3.02. The molecule has 1 aromatic carbocycles. The Balaban J connectivity index is 1.66. The second kappa shape index (κ2) is 7.59. The molecule has 152 valence electrons. The normalized spacial score (nSPS) is 11.1. The van der Waals surface area contributed by atoms with Crippen LogP contribution in [0.2, 0.25) is 0 Å². The molecule has 10 nitrogen and oxygen atoms in total. The molecule has 11 heteroatoms. The van der Waals surface area contributed by atoms with Gasteiger partial charge in [0.25, 0.3) is 5.56 Å². The second-order valence-electron chi connectivity index (χ2n) is 6.49. The topological polar surface area (TPSA) is 131 Å². The van der Waals surface area contributed by atoms with Crippen LogP contribution < -0.4 is 17.0 Å². The summed E-state index contributed by atoms with van der Waals surface area (Å²) in [6, 6.07) is 9.52. The molecule has 0 unspecified atom stereocenters. The van der Waals surface area contributed by atoms with E-state index in [9.17, 15) is 14.4 Å². The van der Waals surface area contributed by atoms with Crippen LogP contribution in [0.1, 0.15) is 10.4 Å². The van der Waals surface area contributed by atoms with Gasteiger partial charge in [0.1, 0.15) is 22.7 Å². The molecule has 3 aromatic heterocycles. The molecule has 2 N–H and O–H groups in total. The van der Waals surface area contributed by atoms with Gasteiger partial charge in [0, 0.05) is 14.1 Å².